The highest BCUT2D eigenvalue weighted by molar-refractivity contribution is 8.07. The zero-order chi connectivity index (χ0) is 50.1. The van der Waals surface area contributed by atoms with Crippen LogP contribution in [-0.2, 0) is 67.5 Å². The lowest BCUT2D eigenvalue weighted by molar-refractivity contribution is -0.118. The van der Waals surface area contributed by atoms with Crippen LogP contribution in [0, 0.1) is 17.2 Å². The van der Waals surface area contributed by atoms with E-state index in [0.717, 1.165) is 16.7 Å². The normalized spacial score (nSPS) is 17.3. The van der Waals surface area contributed by atoms with Crippen molar-refractivity contribution in [2.45, 2.75) is 63.9 Å². The molecule has 71 heavy (non-hydrogen) atoms. The van der Waals surface area contributed by atoms with Gasteiger partial charge in [0.05, 0.1) is 65.2 Å². The summed E-state index contributed by atoms with van der Waals surface area (Å²) in [6.45, 7) is -0.588. The van der Waals surface area contributed by atoms with Gasteiger partial charge in [0, 0.05) is 18.9 Å². The van der Waals surface area contributed by atoms with Gasteiger partial charge in [0.1, 0.15) is 47.5 Å². The molecule has 1 aliphatic heterocycles. The average Bonchev–Trinajstić information content (AvgIpc) is 4.09. The fraction of sp³-hybridized carbons (Fsp3) is 0.348. The minimum atomic E-state index is -3.65. The summed E-state index contributed by atoms with van der Waals surface area (Å²) in [5.74, 6) is 0.918. The van der Waals surface area contributed by atoms with Crippen LogP contribution >= 0.6 is 15.0 Å². The molecule has 8 rings (SSSR count). The molecule has 0 spiro atoms. The van der Waals surface area contributed by atoms with E-state index in [1.165, 1.54) is 17.2 Å². The number of hydrogen-bond donors (Lipinski definition) is 3. The van der Waals surface area contributed by atoms with Crippen molar-refractivity contribution in [1.29, 1.82) is 5.26 Å². The summed E-state index contributed by atoms with van der Waals surface area (Å²) >= 11 is 5.90. The fourth-order valence-corrected chi connectivity index (χ4v) is 10.3. The van der Waals surface area contributed by atoms with Crippen LogP contribution in [-0.4, -0.2) is 96.1 Å². The van der Waals surface area contributed by atoms with E-state index in [1.807, 2.05) is 89.5 Å². The van der Waals surface area contributed by atoms with E-state index >= 15 is 0 Å². The van der Waals surface area contributed by atoms with Crippen molar-refractivity contribution in [3.8, 4) is 17.6 Å². The molecular weight excluding hydrogens is 979 g/mol. The second-order valence-electron chi connectivity index (χ2n) is 16.2. The highest BCUT2D eigenvalue weighted by Gasteiger charge is 2.41. The smallest absolute Gasteiger partial charge is 0.327 e. The third kappa shape index (κ3) is 11.6. The third-order valence-electron chi connectivity index (χ3n) is 11.4. The van der Waals surface area contributed by atoms with Crippen molar-refractivity contribution in [3.05, 3.63) is 131 Å². The van der Waals surface area contributed by atoms with E-state index < -0.39 is 50.5 Å². The molecule has 0 bridgehead atoms. The second kappa shape index (κ2) is 22.9. The number of carbonyl (C=O) groups is 1. The number of nitrogens with one attached hydrogen (secondary N) is 2. The Labute approximate surface area is 412 Å². The number of imidazole rings is 2. The van der Waals surface area contributed by atoms with Gasteiger partial charge in [0.25, 0.3) is 5.56 Å². The van der Waals surface area contributed by atoms with Crippen LogP contribution in [0.15, 0.2) is 103 Å². The van der Waals surface area contributed by atoms with Crippen molar-refractivity contribution in [2.24, 2.45) is 5.92 Å². The fourth-order valence-electron chi connectivity index (χ4n) is 7.99. The van der Waals surface area contributed by atoms with Crippen LogP contribution in [0.25, 0.3) is 22.3 Å². The molecule has 1 aliphatic rings. The molecule has 4 aromatic heterocycles. The van der Waals surface area contributed by atoms with Crippen molar-refractivity contribution in [3.63, 3.8) is 0 Å². The van der Waals surface area contributed by atoms with E-state index in [4.69, 9.17) is 53.8 Å². The number of H-pyrrole nitrogens is 1. The molecule has 2 unspecified atom stereocenters. The number of hydrogen-bond acceptors (Lipinski definition) is 18. The Morgan fingerprint density at radius 2 is 1.66 bits per heavy atom. The lowest BCUT2D eigenvalue weighted by Crippen LogP contribution is -2.33. The van der Waals surface area contributed by atoms with Crippen molar-refractivity contribution in [1.82, 2.24) is 39.0 Å². The summed E-state index contributed by atoms with van der Waals surface area (Å²) in [5, 5.41) is 11.9. The van der Waals surface area contributed by atoms with E-state index in [-0.39, 0.29) is 68.8 Å². The Morgan fingerprint density at radius 3 is 2.31 bits per heavy atom. The van der Waals surface area contributed by atoms with Gasteiger partial charge >= 0.3 is 15.0 Å². The molecule has 5 heterocycles. The molecule has 0 radical (unpaired) electrons. The molecule has 3 aromatic carbocycles. The third-order valence-corrected chi connectivity index (χ3v) is 14.3. The summed E-state index contributed by atoms with van der Waals surface area (Å²) < 4.78 is 63.6. The molecule has 0 saturated carbocycles. The van der Waals surface area contributed by atoms with Crippen LogP contribution in [0.4, 0.5) is 5.95 Å². The van der Waals surface area contributed by atoms with Crippen molar-refractivity contribution >= 4 is 61.0 Å². The van der Waals surface area contributed by atoms with Crippen LogP contribution in [0.3, 0.4) is 0 Å². The number of nitriles is 1. The number of anilines is 1. The number of carbonyl (C=O) groups excluding carboxylic acids is 1. The number of aromatic amines is 1. The average molecular weight is 1030 g/mol. The standard InChI is InChI=1S/C46H50N10O12P2S/c1-29(2)42(57)53-45-52-41-39(43(58)54-45)50-28-56(41)44-37(68-69(59)60)23-35(67-44)25-66-70(71,64-21-8-19-47)65-22-20-55-38(51-36-24-48-27-49-40(36)55)26-63-46(30-9-6-5-7-10-30,31-11-15-33(61-3)16-12-31)32-13-17-34(62-4)18-14-32/h5-7,9-18,24,27-29,35,37,44,69H,8,20-23,25-26H2,1-4H3,(H,59,60)(H2,52,53,54,57,58)/t35-,37+,44+,70?/m0/s1. The van der Waals surface area contributed by atoms with Crippen LogP contribution < -0.4 is 20.3 Å². The molecule has 5 atom stereocenters. The second-order valence-corrected chi connectivity index (χ2v) is 20.0. The van der Waals surface area contributed by atoms with Gasteiger partial charge in [-0.1, -0.05) is 68.4 Å². The predicted octanol–water partition coefficient (Wildman–Crippen LogP) is 6.32. The first kappa shape index (κ1) is 51.1. The van der Waals surface area contributed by atoms with Gasteiger partial charge in [-0.25, -0.2) is 19.9 Å². The molecule has 22 nitrogen and oxygen atoms in total. The van der Waals surface area contributed by atoms with E-state index in [0.29, 0.717) is 28.5 Å². The van der Waals surface area contributed by atoms with Gasteiger partial charge in [-0.3, -0.25) is 29.0 Å². The van der Waals surface area contributed by atoms with Crippen molar-refractivity contribution in [2.75, 3.05) is 39.4 Å². The SMILES string of the molecule is COc1ccc(C(OCc2nc3cncnc3n2CCOP(=S)(OCCC#N)OC[C@@H]2C[C@@H](O[PH](=O)O)[C@H](n3cnc4c(=O)[nH]c(NC(=O)C(C)C)nc43)O2)(c2ccccc2)c2ccc(OC)cc2)cc1. The Balaban J connectivity index is 1.03. The van der Waals surface area contributed by atoms with E-state index in [1.54, 1.807) is 34.3 Å². The minimum absolute atomic E-state index is 0.0105. The Kier molecular flexibility index (Phi) is 16.4. The quantitative estimate of drug-likeness (QED) is 0.0359. The largest absolute Gasteiger partial charge is 0.497 e. The molecule has 1 saturated heterocycles. The highest BCUT2D eigenvalue weighted by atomic mass is 32.5. The summed E-state index contributed by atoms with van der Waals surface area (Å²) in [6, 6.07) is 27.2. The number of ether oxygens (including phenoxy) is 4. The lowest BCUT2D eigenvalue weighted by atomic mass is 9.80. The number of nitrogens with zero attached hydrogens (tertiary/aromatic N) is 8. The zero-order valence-corrected chi connectivity index (χ0v) is 41.6. The molecular formula is C46H50N10O12P2S. The van der Waals surface area contributed by atoms with Gasteiger partial charge in [0.2, 0.25) is 11.9 Å². The van der Waals surface area contributed by atoms with E-state index in [2.05, 4.69) is 30.2 Å². The van der Waals surface area contributed by atoms with Crippen LogP contribution in [0.1, 0.15) is 55.4 Å². The molecule has 372 valence electrons. The zero-order valence-electron chi connectivity index (χ0n) is 38.9. The number of rotatable bonds is 23. The van der Waals surface area contributed by atoms with Crippen LogP contribution in [0.5, 0.6) is 11.5 Å². The molecule has 1 amide bonds. The number of amides is 1. The minimum Gasteiger partial charge on any atom is -0.497 e. The van der Waals surface area contributed by atoms with Gasteiger partial charge in [-0.15, -0.1) is 0 Å². The topological polar surface area (TPSA) is 271 Å². The maximum atomic E-state index is 13.0. The molecule has 0 aliphatic carbocycles. The maximum Gasteiger partial charge on any atom is 0.327 e. The van der Waals surface area contributed by atoms with Gasteiger partial charge in [-0.05, 0) is 52.8 Å². The molecule has 7 aromatic rings. The number of aromatic nitrogens is 8. The first-order valence-corrected chi connectivity index (χ1v) is 26.0. The first-order valence-electron chi connectivity index (χ1n) is 22.2. The summed E-state index contributed by atoms with van der Waals surface area (Å²) in [4.78, 5) is 60.0. The Bertz CT molecular complexity index is 3090. The van der Waals surface area contributed by atoms with Gasteiger partial charge in [-0.2, -0.15) is 10.2 Å². The summed E-state index contributed by atoms with van der Waals surface area (Å²) in [7, 11) is -0.288. The molecule has 25 heteroatoms. The highest BCUT2D eigenvalue weighted by Crippen LogP contribution is 2.51. The van der Waals surface area contributed by atoms with Gasteiger partial charge in [0.15, 0.2) is 23.0 Å². The Hall–Kier alpha value is -6.28. The Morgan fingerprint density at radius 1 is 0.986 bits per heavy atom. The number of benzene rings is 3. The number of fused-ring (bicyclic) bond motifs is 2. The monoisotopic (exact) mass is 1030 g/mol. The number of methoxy groups -OCH3 is 2. The van der Waals surface area contributed by atoms with Crippen molar-refractivity contribution < 1.29 is 51.3 Å². The predicted molar refractivity (Wildman–Crippen MR) is 261 cm³/mol. The van der Waals surface area contributed by atoms with Crippen LogP contribution in [0.2, 0.25) is 0 Å². The molecule has 3 N–H and O–H groups in total. The molecule has 1 fully saturated rings. The first-order chi connectivity index (χ1) is 34.3. The summed E-state index contributed by atoms with van der Waals surface area (Å²) in [5.41, 5.74) is 1.64. The van der Waals surface area contributed by atoms with Gasteiger partial charge < -0.3 is 46.5 Å². The maximum absolute atomic E-state index is 13.0. The summed E-state index contributed by atoms with van der Waals surface area (Å²) in [6.07, 6.45) is 1.32. The lowest BCUT2D eigenvalue weighted by Gasteiger charge is -2.36. The van der Waals surface area contributed by atoms with E-state index in [9.17, 15) is 24.3 Å².